The van der Waals surface area contributed by atoms with Crippen molar-refractivity contribution in [1.82, 2.24) is 9.29 Å². The summed E-state index contributed by atoms with van der Waals surface area (Å²) in [5.74, 6) is -1.53. The van der Waals surface area contributed by atoms with E-state index in [9.17, 15) is 17.6 Å². The fourth-order valence-corrected chi connectivity index (χ4v) is 4.22. The van der Waals surface area contributed by atoms with Crippen LogP contribution in [0.1, 0.15) is 10.4 Å². The number of pyridine rings is 1. The summed E-state index contributed by atoms with van der Waals surface area (Å²) < 4.78 is 56.7. The van der Waals surface area contributed by atoms with E-state index in [0.717, 1.165) is 18.2 Å². The van der Waals surface area contributed by atoms with Gasteiger partial charge < -0.3 is 19.5 Å². The van der Waals surface area contributed by atoms with E-state index in [0.29, 0.717) is 6.61 Å². The topological polar surface area (TPSA) is 107 Å². The molecule has 1 N–H and O–H groups in total. The number of sulfonamides is 1. The zero-order chi connectivity index (χ0) is 21.6. The van der Waals surface area contributed by atoms with E-state index >= 15 is 0 Å². The van der Waals surface area contributed by atoms with Crippen LogP contribution in [0.2, 0.25) is 0 Å². The Morgan fingerprint density at radius 1 is 1.27 bits per heavy atom. The third kappa shape index (κ3) is 5.11. The number of rotatable bonds is 8. The van der Waals surface area contributed by atoms with Gasteiger partial charge in [0, 0.05) is 26.4 Å². The van der Waals surface area contributed by atoms with Crippen molar-refractivity contribution < 1.29 is 31.8 Å². The number of benzene rings is 1. The number of nitrogens with zero attached hydrogens (tertiary/aromatic N) is 2. The Kier molecular flexibility index (Phi) is 7.32. The van der Waals surface area contributed by atoms with Crippen molar-refractivity contribution in [2.45, 2.75) is 4.90 Å². The summed E-state index contributed by atoms with van der Waals surface area (Å²) in [6, 6.07) is 6.24. The average molecular weight is 439 g/mol. The zero-order valence-electron chi connectivity index (χ0n) is 16.3. The van der Waals surface area contributed by atoms with Crippen LogP contribution in [-0.4, -0.2) is 70.2 Å². The number of amides is 1. The maximum absolute atomic E-state index is 14.3. The second-order valence-electron chi connectivity index (χ2n) is 6.31. The first kappa shape index (κ1) is 22.1. The number of hydrogen-bond donors (Lipinski definition) is 1. The van der Waals surface area contributed by atoms with E-state index in [1.54, 1.807) is 12.1 Å². The number of carbonyl (C=O) groups is 1. The minimum atomic E-state index is -3.88. The van der Waals surface area contributed by atoms with Gasteiger partial charge in [0.15, 0.2) is 0 Å². The van der Waals surface area contributed by atoms with Gasteiger partial charge in [0.1, 0.15) is 18.1 Å². The summed E-state index contributed by atoms with van der Waals surface area (Å²) in [6.07, 6.45) is 1.48. The minimum absolute atomic E-state index is 0.139. The van der Waals surface area contributed by atoms with Gasteiger partial charge in [-0.15, -0.1) is 0 Å². The van der Waals surface area contributed by atoms with Gasteiger partial charge in [-0.1, -0.05) is 0 Å². The molecule has 1 aliphatic rings. The fraction of sp³-hybridized carbons (Fsp3) is 0.368. The third-order valence-corrected chi connectivity index (χ3v) is 6.23. The van der Waals surface area contributed by atoms with Gasteiger partial charge in [-0.25, -0.2) is 17.8 Å². The molecule has 0 saturated carbocycles. The number of ether oxygens (including phenoxy) is 3. The lowest BCUT2D eigenvalue weighted by atomic mass is 10.2. The molecule has 0 bridgehead atoms. The van der Waals surface area contributed by atoms with Gasteiger partial charge in [-0.05, 0) is 30.3 Å². The highest BCUT2D eigenvalue weighted by atomic mass is 32.2. The average Bonchev–Trinajstić information content (AvgIpc) is 2.76. The number of aromatic nitrogens is 1. The SMILES string of the molecule is COCCOc1ncccc1NC(=O)c1cc(S(=O)(=O)N2CCOCC2)ccc1F. The van der Waals surface area contributed by atoms with Crippen LogP contribution in [0, 0.1) is 5.82 Å². The van der Waals surface area contributed by atoms with Crippen molar-refractivity contribution in [3.63, 3.8) is 0 Å². The van der Waals surface area contributed by atoms with Crippen LogP contribution in [0.3, 0.4) is 0 Å². The summed E-state index contributed by atoms with van der Waals surface area (Å²) in [7, 11) is -2.36. The van der Waals surface area contributed by atoms with E-state index in [1.165, 1.54) is 17.6 Å². The van der Waals surface area contributed by atoms with Crippen LogP contribution in [-0.2, 0) is 19.5 Å². The molecule has 1 aliphatic heterocycles. The smallest absolute Gasteiger partial charge is 0.258 e. The molecule has 30 heavy (non-hydrogen) atoms. The molecule has 3 rings (SSSR count). The molecule has 1 amide bonds. The standard InChI is InChI=1S/C19H22FN3O6S/c1-27-11-12-29-19-17(3-2-6-21-19)22-18(24)15-13-14(4-5-16(15)20)30(25,26)23-7-9-28-10-8-23/h2-6,13H,7-12H2,1H3,(H,22,24). The lowest BCUT2D eigenvalue weighted by molar-refractivity contribution is 0.0730. The Morgan fingerprint density at radius 2 is 2.03 bits per heavy atom. The van der Waals surface area contributed by atoms with Gasteiger partial charge in [-0.3, -0.25) is 4.79 Å². The summed E-state index contributed by atoms with van der Waals surface area (Å²) in [6.45, 7) is 1.47. The van der Waals surface area contributed by atoms with E-state index < -0.39 is 27.3 Å². The first-order valence-electron chi connectivity index (χ1n) is 9.19. The summed E-state index contributed by atoms with van der Waals surface area (Å²) >= 11 is 0. The number of nitrogens with one attached hydrogen (secondary N) is 1. The highest BCUT2D eigenvalue weighted by Gasteiger charge is 2.28. The number of methoxy groups -OCH3 is 1. The highest BCUT2D eigenvalue weighted by molar-refractivity contribution is 7.89. The number of morpholine rings is 1. The maximum atomic E-state index is 14.3. The first-order valence-corrected chi connectivity index (χ1v) is 10.6. The lowest BCUT2D eigenvalue weighted by Gasteiger charge is -2.26. The molecule has 0 spiro atoms. The quantitative estimate of drug-likeness (QED) is 0.622. The molecule has 2 aromatic rings. The van der Waals surface area contributed by atoms with Gasteiger partial charge in [-0.2, -0.15) is 4.31 Å². The molecule has 0 atom stereocenters. The monoisotopic (exact) mass is 439 g/mol. The van der Waals surface area contributed by atoms with E-state index in [1.807, 2.05) is 0 Å². The van der Waals surface area contributed by atoms with Crippen molar-refractivity contribution in [2.24, 2.45) is 0 Å². The molecule has 1 aromatic carbocycles. The lowest BCUT2D eigenvalue weighted by Crippen LogP contribution is -2.40. The molecule has 1 saturated heterocycles. The molecule has 0 radical (unpaired) electrons. The van der Waals surface area contributed by atoms with Crippen LogP contribution in [0.15, 0.2) is 41.4 Å². The van der Waals surface area contributed by atoms with Gasteiger partial charge in [0.25, 0.3) is 5.91 Å². The van der Waals surface area contributed by atoms with Crippen molar-refractivity contribution in [1.29, 1.82) is 0 Å². The van der Waals surface area contributed by atoms with E-state index in [4.69, 9.17) is 14.2 Å². The van der Waals surface area contributed by atoms with Crippen molar-refractivity contribution >= 4 is 21.6 Å². The number of halogens is 1. The second-order valence-corrected chi connectivity index (χ2v) is 8.25. The molecule has 0 unspecified atom stereocenters. The zero-order valence-corrected chi connectivity index (χ0v) is 17.2. The number of carbonyl (C=O) groups excluding carboxylic acids is 1. The molecule has 11 heteroatoms. The second kappa shape index (κ2) is 9.94. The van der Waals surface area contributed by atoms with E-state index in [2.05, 4.69) is 10.3 Å². The Morgan fingerprint density at radius 3 is 2.77 bits per heavy atom. The van der Waals surface area contributed by atoms with E-state index in [-0.39, 0.29) is 49.4 Å². The van der Waals surface area contributed by atoms with Crippen LogP contribution in [0.5, 0.6) is 5.88 Å². The van der Waals surface area contributed by atoms with Crippen molar-refractivity contribution in [3.8, 4) is 5.88 Å². The largest absolute Gasteiger partial charge is 0.474 e. The Hall–Kier alpha value is -2.60. The fourth-order valence-electron chi connectivity index (χ4n) is 2.79. The van der Waals surface area contributed by atoms with Crippen LogP contribution in [0.25, 0.3) is 0 Å². The number of hydrogen-bond acceptors (Lipinski definition) is 7. The first-order chi connectivity index (χ1) is 14.4. The predicted molar refractivity (Wildman–Crippen MR) is 106 cm³/mol. The Balaban J connectivity index is 1.83. The van der Waals surface area contributed by atoms with Crippen LogP contribution in [0.4, 0.5) is 10.1 Å². The molecule has 2 heterocycles. The molecule has 0 aliphatic carbocycles. The summed E-state index contributed by atoms with van der Waals surface area (Å²) in [4.78, 5) is 16.6. The highest BCUT2D eigenvalue weighted by Crippen LogP contribution is 2.24. The number of anilines is 1. The predicted octanol–water partition coefficient (Wildman–Crippen LogP) is 1.52. The Bertz CT molecular complexity index is 996. The van der Waals surface area contributed by atoms with Crippen LogP contribution >= 0.6 is 0 Å². The molecule has 9 nitrogen and oxygen atoms in total. The molecular weight excluding hydrogens is 417 g/mol. The summed E-state index contributed by atoms with van der Waals surface area (Å²) in [5.41, 5.74) is -0.185. The third-order valence-electron chi connectivity index (χ3n) is 4.34. The Labute approximate surface area is 173 Å². The molecular formula is C19H22FN3O6S. The summed E-state index contributed by atoms with van der Waals surface area (Å²) in [5, 5.41) is 2.52. The molecule has 1 aromatic heterocycles. The van der Waals surface area contributed by atoms with Gasteiger partial charge in [0.05, 0.1) is 30.3 Å². The molecule has 162 valence electrons. The molecule has 1 fully saturated rings. The van der Waals surface area contributed by atoms with Gasteiger partial charge in [0.2, 0.25) is 15.9 Å². The normalized spacial score (nSPS) is 15.0. The van der Waals surface area contributed by atoms with Crippen molar-refractivity contribution in [2.75, 3.05) is 51.9 Å². The van der Waals surface area contributed by atoms with Gasteiger partial charge >= 0.3 is 0 Å². The maximum Gasteiger partial charge on any atom is 0.258 e. The minimum Gasteiger partial charge on any atom is -0.474 e. The van der Waals surface area contributed by atoms with Crippen molar-refractivity contribution in [3.05, 3.63) is 47.9 Å². The van der Waals surface area contributed by atoms with Crippen LogP contribution < -0.4 is 10.1 Å².